The predicted octanol–water partition coefficient (Wildman–Crippen LogP) is 6.66. The number of unbranched alkanes of at least 4 members (excludes halogenated alkanes) is 2. The van der Waals surface area contributed by atoms with E-state index in [2.05, 4.69) is 93.6 Å². The van der Waals surface area contributed by atoms with Gasteiger partial charge in [-0.15, -0.1) is 0 Å². The molecule has 0 radical (unpaired) electrons. The lowest BCUT2D eigenvalue weighted by Gasteiger charge is -2.39. The van der Waals surface area contributed by atoms with E-state index in [-0.39, 0.29) is 46.6 Å². The van der Waals surface area contributed by atoms with Crippen molar-refractivity contribution in [2.75, 3.05) is 24.2 Å². The predicted molar refractivity (Wildman–Crippen MR) is 192 cm³/mol. The Labute approximate surface area is 281 Å². The van der Waals surface area contributed by atoms with Crippen LogP contribution in [0.4, 0.5) is 10.6 Å². The number of urea groups is 1. The first kappa shape index (κ1) is 35.6. The second kappa shape index (κ2) is 13.7. The molecule has 3 aliphatic rings. The van der Waals surface area contributed by atoms with Gasteiger partial charge in [0.15, 0.2) is 39.8 Å². The minimum Gasteiger partial charge on any atom is -0.414 e. The lowest BCUT2D eigenvalue weighted by Crippen LogP contribution is -2.45. The van der Waals surface area contributed by atoms with Crippen LogP contribution in [-0.4, -0.2) is 90.6 Å². The summed E-state index contributed by atoms with van der Waals surface area (Å²) in [5.41, 5.74) is 1.49. The quantitative estimate of drug-likeness (QED) is 0.120. The first-order valence-corrected chi connectivity index (χ1v) is 23.9. The second-order valence-corrected chi connectivity index (χ2v) is 27.2. The number of carbonyl (C=O) groups is 1. The molecule has 46 heavy (non-hydrogen) atoms. The van der Waals surface area contributed by atoms with Crippen molar-refractivity contribution in [3.8, 4) is 0 Å². The minimum absolute atomic E-state index is 0.0169. The summed E-state index contributed by atoms with van der Waals surface area (Å²) in [6.07, 6.45) is 8.08. The number of hydrogen-bond acceptors (Lipinski definition) is 9. The van der Waals surface area contributed by atoms with Gasteiger partial charge >= 0.3 is 6.03 Å². The zero-order chi connectivity index (χ0) is 33.5. The smallest absolute Gasteiger partial charge is 0.315 e. The van der Waals surface area contributed by atoms with Crippen LogP contribution < -0.4 is 16.0 Å². The summed E-state index contributed by atoms with van der Waals surface area (Å²) >= 11 is 1.98. The van der Waals surface area contributed by atoms with Crippen molar-refractivity contribution in [2.24, 2.45) is 0 Å². The van der Waals surface area contributed by atoms with Gasteiger partial charge in [0.1, 0.15) is 6.33 Å². The molecule has 3 aliphatic heterocycles. The van der Waals surface area contributed by atoms with E-state index in [0.717, 1.165) is 61.4 Å². The van der Waals surface area contributed by atoms with Crippen molar-refractivity contribution >= 4 is 51.4 Å². The van der Waals surface area contributed by atoms with Gasteiger partial charge < -0.3 is 29.5 Å². The monoisotopic (exact) mass is 691 g/mol. The molecule has 2 amide bonds. The molecule has 3 saturated heterocycles. The van der Waals surface area contributed by atoms with Gasteiger partial charge in [-0.1, -0.05) is 54.4 Å². The Morgan fingerprint density at radius 2 is 1.76 bits per heavy atom. The van der Waals surface area contributed by atoms with Gasteiger partial charge in [0.05, 0.1) is 37.2 Å². The summed E-state index contributed by atoms with van der Waals surface area (Å²) in [6.45, 7) is 24.2. The van der Waals surface area contributed by atoms with Gasteiger partial charge in [0.2, 0.25) is 0 Å². The molecule has 5 rings (SSSR count). The highest BCUT2D eigenvalue weighted by atomic mass is 32.2. The van der Waals surface area contributed by atoms with E-state index >= 15 is 0 Å². The van der Waals surface area contributed by atoms with E-state index < -0.39 is 16.6 Å². The average molecular weight is 692 g/mol. The number of thioether (sulfide) groups is 1. The molecule has 0 bridgehead atoms. The lowest BCUT2D eigenvalue weighted by molar-refractivity contribution is -0.0443. The summed E-state index contributed by atoms with van der Waals surface area (Å²) in [6, 6.07) is 0.543. The highest BCUT2D eigenvalue weighted by Gasteiger charge is 2.47. The van der Waals surface area contributed by atoms with Crippen molar-refractivity contribution in [3.63, 3.8) is 0 Å². The maximum Gasteiger partial charge on any atom is 0.315 e. The first-order valence-electron chi connectivity index (χ1n) is 17.0. The maximum atomic E-state index is 11.7. The van der Waals surface area contributed by atoms with E-state index in [1.807, 2.05) is 22.7 Å². The number of imidazole rings is 1. The highest BCUT2D eigenvalue weighted by molar-refractivity contribution is 8.00. The van der Waals surface area contributed by atoms with E-state index in [1.54, 1.807) is 6.33 Å². The van der Waals surface area contributed by atoms with Crippen molar-refractivity contribution in [2.45, 2.75) is 146 Å². The number of nitrogens with one attached hydrogen (secondary N) is 3. The van der Waals surface area contributed by atoms with Gasteiger partial charge in [0, 0.05) is 24.0 Å². The molecule has 3 fully saturated rings. The van der Waals surface area contributed by atoms with Gasteiger partial charge in [-0.2, -0.15) is 11.8 Å². The van der Waals surface area contributed by atoms with Crippen molar-refractivity contribution in [1.82, 2.24) is 30.2 Å². The fourth-order valence-corrected chi connectivity index (χ4v) is 9.81. The third kappa shape index (κ3) is 7.77. The number of anilines is 1. The third-order valence-corrected chi connectivity index (χ3v) is 21.4. The van der Waals surface area contributed by atoms with Gasteiger partial charge in [-0.25, -0.2) is 19.7 Å². The third-order valence-electron chi connectivity index (χ3n) is 10.9. The minimum atomic E-state index is -2.08. The molecule has 0 aromatic carbocycles. The van der Waals surface area contributed by atoms with E-state index in [1.165, 1.54) is 0 Å². The molecular weight excluding hydrogens is 635 g/mol. The van der Waals surface area contributed by atoms with Crippen molar-refractivity contribution in [3.05, 3.63) is 12.7 Å². The highest BCUT2D eigenvalue weighted by Crippen LogP contribution is 2.43. The topological polar surface area (TPSA) is 124 Å². The van der Waals surface area contributed by atoms with Gasteiger partial charge in [0.25, 0.3) is 0 Å². The largest absolute Gasteiger partial charge is 0.414 e. The first-order chi connectivity index (χ1) is 21.5. The van der Waals surface area contributed by atoms with Crippen LogP contribution in [0.15, 0.2) is 12.7 Å². The molecule has 0 aliphatic carbocycles. The summed E-state index contributed by atoms with van der Waals surface area (Å²) < 4.78 is 22.4. The van der Waals surface area contributed by atoms with Crippen LogP contribution in [0.5, 0.6) is 0 Å². The number of aromatic nitrogens is 4. The van der Waals surface area contributed by atoms with Crippen LogP contribution in [0, 0.1) is 0 Å². The Balaban J connectivity index is 1.22. The summed E-state index contributed by atoms with van der Waals surface area (Å²) in [5, 5.41) is 10.3. The normalized spacial score (nSPS) is 27.2. The molecule has 3 N–H and O–H groups in total. The number of amides is 2. The fraction of sp³-hybridized carbons (Fsp3) is 0.812. The molecule has 0 spiro atoms. The Morgan fingerprint density at radius 1 is 1.02 bits per heavy atom. The van der Waals surface area contributed by atoms with Crippen LogP contribution in [0.2, 0.25) is 36.3 Å². The number of rotatable bonds is 13. The van der Waals surface area contributed by atoms with E-state index in [0.29, 0.717) is 11.9 Å². The maximum absolute atomic E-state index is 11.7. The van der Waals surface area contributed by atoms with Crippen molar-refractivity contribution < 1.29 is 18.4 Å². The fourth-order valence-electron chi connectivity index (χ4n) is 5.91. The van der Waals surface area contributed by atoms with Crippen LogP contribution in [-0.2, 0) is 13.6 Å². The summed E-state index contributed by atoms with van der Waals surface area (Å²) in [4.78, 5) is 25.6. The lowest BCUT2D eigenvalue weighted by atomic mass is 10.0. The van der Waals surface area contributed by atoms with Gasteiger partial charge in [-0.3, -0.25) is 4.57 Å². The number of ether oxygens (including phenoxy) is 1. The molecule has 0 saturated carbocycles. The molecule has 11 nitrogen and oxygen atoms in total. The number of carbonyl (C=O) groups excluding carboxylic acids is 1. The molecule has 258 valence electrons. The van der Waals surface area contributed by atoms with Gasteiger partial charge in [-0.05, 0) is 49.1 Å². The van der Waals surface area contributed by atoms with Crippen LogP contribution in [0.1, 0.15) is 79.9 Å². The van der Waals surface area contributed by atoms with Crippen LogP contribution >= 0.6 is 11.8 Å². The number of nitrogens with zero attached hydrogens (tertiary/aromatic N) is 4. The Hall–Kier alpha value is -1.72. The molecule has 6 atom stereocenters. The Kier molecular flexibility index (Phi) is 10.6. The molecule has 14 heteroatoms. The standard InChI is InChI=1S/C32H57N7O4SSi2/c1-31(2,3)45(7,8)41-17-21-16-23(43-46(9,10)32(4,5)6)29(42-21)39-20-36-26-27(34-19-35-28(26)39)33-15-13-11-12-14-24-25-22(18-44-24)37-30(40)38-25/h19-25,29H,11-18H2,1-10H3,(H,33,34,35)(H2,37,38,40)/t21-,22-,23?,24-,25-,29+/m0/s1. The number of fused-ring (bicyclic) bond motifs is 2. The molecule has 2 aromatic rings. The zero-order valence-corrected chi connectivity index (χ0v) is 32.4. The molecular formula is C32H57N7O4SSi2. The van der Waals surface area contributed by atoms with E-state index in [9.17, 15) is 4.79 Å². The molecule has 5 heterocycles. The molecule has 2 aromatic heterocycles. The number of hydrogen-bond donors (Lipinski definition) is 3. The Morgan fingerprint density at radius 3 is 2.48 bits per heavy atom. The van der Waals surface area contributed by atoms with Crippen LogP contribution in [0.3, 0.4) is 0 Å². The summed E-state index contributed by atoms with van der Waals surface area (Å²) in [5.74, 6) is 1.75. The second-order valence-electron chi connectivity index (χ2n) is 16.3. The molecule has 1 unspecified atom stereocenters. The Bertz CT molecular complexity index is 1360. The zero-order valence-electron chi connectivity index (χ0n) is 29.6. The van der Waals surface area contributed by atoms with Crippen molar-refractivity contribution in [1.29, 1.82) is 0 Å². The van der Waals surface area contributed by atoms with Crippen LogP contribution in [0.25, 0.3) is 11.2 Å². The summed E-state index contributed by atoms with van der Waals surface area (Å²) in [7, 11) is -4.01. The van der Waals surface area contributed by atoms with E-state index in [4.69, 9.17) is 18.6 Å². The average Bonchev–Trinajstić information content (AvgIpc) is 3.72. The SMILES string of the molecule is CC(C)(C)[Si](C)(C)OC[C@@H]1CC(O[Si](C)(C)C(C)(C)C)[C@H](n2cnc3c(NCCCCC[C@@H]4SC[C@@H]5NC(=O)N[C@@H]54)ncnc32)O1.